The molecule has 0 saturated heterocycles. The fraction of sp³-hybridized carbons (Fsp3) is 1.00. The molecule has 1 fully saturated rings. The summed E-state index contributed by atoms with van der Waals surface area (Å²) in [6.07, 6.45) is 7.26. The van der Waals surface area contributed by atoms with Crippen LogP contribution in [0.4, 0.5) is 0 Å². The predicted octanol–water partition coefficient (Wildman–Crippen LogP) is 3.69. The molecule has 2 unspecified atom stereocenters. The number of hydrogen-bond acceptors (Lipinski definition) is 2. The molecular formula is C13H27NS. The summed E-state index contributed by atoms with van der Waals surface area (Å²) in [4.78, 5) is 0. The first-order valence-electron chi connectivity index (χ1n) is 6.57. The van der Waals surface area contributed by atoms with Gasteiger partial charge in [0.15, 0.2) is 0 Å². The Balaban J connectivity index is 2.17. The number of thioether (sulfide) groups is 1. The van der Waals surface area contributed by atoms with Crippen LogP contribution in [0.2, 0.25) is 0 Å². The van der Waals surface area contributed by atoms with Gasteiger partial charge in [0.1, 0.15) is 0 Å². The van der Waals surface area contributed by atoms with Crippen molar-refractivity contribution in [2.75, 3.05) is 11.5 Å². The SMILES string of the molecule is CCSCC(C)NC(C)C1CCCCC1. The molecule has 15 heavy (non-hydrogen) atoms. The minimum absolute atomic E-state index is 0.673. The Labute approximate surface area is 99.8 Å². The molecule has 0 heterocycles. The maximum Gasteiger partial charge on any atom is 0.0132 e. The third-order valence-electron chi connectivity index (χ3n) is 3.48. The van der Waals surface area contributed by atoms with Crippen LogP contribution >= 0.6 is 11.8 Å². The molecule has 0 bridgehead atoms. The zero-order valence-electron chi connectivity index (χ0n) is 10.6. The lowest BCUT2D eigenvalue weighted by Crippen LogP contribution is -2.41. The lowest BCUT2D eigenvalue weighted by atomic mass is 9.84. The van der Waals surface area contributed by atoms with Gasteiger partial charge in [0.25, 0.3) is 0 Å². The van der Waals surface area contributed by atoms with Crippen molar-refractivity contribution >= 4 is 11.8 Å². The number of hydrogen-bond donors (Lipinski definition) is 1. The number of rotatable bonds is 6. The molecule has 0 aromatic heterocycles. The van der Waals surface area contributed by atoms with Gasteiger partial charge in [0.2, 0.25) is 0 Å². The summed E-state index contributed by atoms with van der Waals surface area (Å²) < 4.78 is 0. The molecule has 2 atom stereocenters. The van der Waals surface area contributed by atoms with E-state index in [1.165, 1.54) is 43.6 Å². The van der Waals surface area contributed by atoms with Crippen LogP contribution in [0.15, 0.2) is 0 Å². The van der Waals surface area contributed by atoms with Gasteiger partial charge in [-0.25, -0.2) is 0 Å². The van der Waals surface area contributed by atoms with Crippen molar-refractivity contribution in [2.45, 2.75) is 65.0 Å². The highest BCUT2D eigenvalue weighted by atomic mass is 32.2. The Hall–Kier alpha value is 0.310. The van der Waals surface area contributed by atoms with Crippen molar-refractivity contribution in [3.8, 4) is 0 Å². The lowest BCUT2D eigenvalue weighted by Gasteiger charge is -2.30. The van der Waals surface area contributed by atoms with Crippen LogP contribution in [0.1, 0.15) is 52.9 Å². The van der Waals surface area contributed by atoms with Gasteiger partial charge in [0.05, 0.1) is 0 Å². The fourth-order valence-corrected chi connectivity index (χ4v) is 3.25. The zero-order valence-corrected chi connectivity index (χ0v) is 11.4. The van der Waals surface area contributed by atoms with Gasteiger partial charge >= 0.3 is 0 Å². The predicted molar refractivity (Wildman–Crippen MR) is 71.6 cm³/mol. The molecule has 1 N–H and O–H groups in total. The normalized spacial score (nSPS) is 22.6. The molecule has 1 nitrogen and oxygen atoms in total. The first kappa shape index (κ1) is 13.4. The fourth-order valence-electron chi connectivity index (χ4n) is 2.56. The average molecular weight is 229 g/mol. The van der Waals surface area contributed by atoms with E-state index in [0.717, 1.165) is 12.0 Å². The summed E-state index contributed by atoms with van der Waals surface area (Å²) >= 11 is 2.04. The Morgan fingerprint density at radius 3 is 2.47 bits per heavy atom. The molecule has 0 spiro atoms. The van der Waals surface area contributed by atoms with Crippen molar-refractivity contribution in [3.63, 3.8) is 0 Å². The van der Waals surface area contributed by atoms with Crippen LogP contribution in [-0.4, -0.2) is 23.6 Å². The minimum Gasteiger partial charge on any atom is -0.311 e. The Morgan fingerprint density at radius 2 is 1.87 bits per heavy atom. The molecule has 0 aliphatic heterocycles. The van der Waals surface area contributed by atoms with E-state index in [2.05, 4.69) is 26.1 Å². The molecule has 90 valence electrons. The van der Waals surface area contributed by atoms with E-state index in [4.69, 9.17) is 0 Å². The van der Waals surface area contributed by atoms with Gasteiger partial charge in [-0.3, -0.25) is 0 Å². The van der Waals surface area contributed by atoms with Gasteiger partial charge in [-0.2, -0.15) is 11.8 Å². The van der Waals surface area contributed by atoms with Crippen molar-refractivity contribution in [1.29, 1.82) is 0 Å². The quantitative estimate of drug-likeness (QED) is 0.745. The van der Waals surface area contributed by atoms with Gasteiger partial charge in [0, 0.05) is 17.8 Å². The van der Waals surface area contributed by atoms with Crippen molar-refractivity contribution in [3.05, 3.63) is 0 Å². The second kappa shape index (κ2) is 7.56. The summed E-state index contributed by atoms with van der Waals surface area (Å²) in [5.74, 6) is 3.44. The second-order valence-corrected chi connectivity index (χ2v) is 6.23. The van der Waals surface area contributed by atoms with Crippen LogP contribution in [0, 0.1) is 5.92 Å². The summed E-state index contributed by atoms with van der Waals surface area (Å²) in [6.45, 7) is 6.94. The third kappa shape index (κ3) is 5.26. The molecule has 2 heteroatoms. The second-order valence-electron chi connectivity index (χ2n) is 4.91. The highest BCUT2D eigenvalue weighted by Gasteiger charge is 2.20. The summed E-state index contributed by atoms with van der Waals surface area (Å²) in [5.41, 5.74) is 0. The van der Waals surface area contributed by atoms with Crippen molar-refractivity contribution in [2.24, 2.45) is 5.92 Å². The summed E-state index contributed by atoms with van der Waals surface area (Å²) in [7, 11) is 0. The maximum atomic E-state index is 3.76. The zero-order chi connectivity index (χ0) is 11.1. The molecule has 0 amide bonds. The van der Waals surface area contributed by atoms with E-state index in [-0.39, 0.29) is 0 Å². The van der Waals surface area contributed by atoms with Gasteiger partial charge < -0.3 is 5.32 Å². The van der Waals surface area contributed by atoms with Crippen molar-refractivity contribution < 1.29 is 0 Å². The van der Waals surface area contributed by atoms with Crippen molar-refractivity contribution in [1.82, 2.24) is 5.32 Å². The molecule has 1 saturated carbocycles. The molecule has 0 aromatic carbocycles. The molecule has 0 radical (unpaired) electrons. The van der Waals surface area contributed by atoms with Crippen LogP contribution in [0.5, 0.6) is 0 Å². The Bertz CT molecular complexity index is 155. The van der Waals surface area contributed by atoms with Crippen LogP contribution in [0.25, 0.3) is 0 Å². The minimum atomic E-state index is 0.673. The Kier molecular flexibility index (Phi) is 6.74. The van der Waals surface area contributed by atoms with Crippen LogP contribution in [-0.2, 0) is 0 Å². The van der Waals surface area contributed by atoms with E-state index in [9.17, 15) is 0 Å². The first-order chi connectivity index (χ1) is 7.24. The summed E-state index contributed by atoms with van der Waals surface area (Å²) in [6, 6.07) is 1.39. The lowest BCUT2D eigenvalue weighted by molar-refractivity contribution is 0.272. The van der Waals surface area contributed by atoms with E-state index in [1.807, 2.05) is 11.8 Å². The highest BCUT2D eigenvalue weighted by molar-refractivity contribution is 7.99. The maximum absolute atomic E-state index is 3.76. The van der Waals surface area contributed by atoms with Gasteiger partial charge in [-0.1, -0.05) is 26.2 Å². The standard InChI is InChI=1S/C13H27NS/c1-4-15-10-11(2)14-12(3)13-8-6-5-7-9-13/h11-14H,4-10H2,1-3H3. The van der Waals surface area contributed by atoms with E-state index < -0.39 is 0 Å². The molecular weight excluding hydrogens is 202 g/mol. The first-order valence-corrected chi connectivity index (χ1v) is 7.73. The number of nitrogens with one attached hydrogen (secondary N) is 1. The topological polar surface area (TPSA) is 12.0 Å². The van der Waals surface area contributed by atoms with E-state index in [1.54, 1.807) is 0 Å². The molecule has 1 aliphatic rings. The summed E-state index contributed by atoms with van der Waals surface area (Å²) in [5, 5.41) is 3.76. The molecule has 1 rings (SSSR count). The monoisotopic (exact) mass is 229 g/mol. The highest BCUT2D eigenvalue weighted by Crippen LogP contribution is 2.26. The molecule has 0 aromatic rings. The smallest absolute Gasteiger partial charge is 0.0132 e. The van der Waals surface area contributed by atoms with Gasteiger partial charge in [-0.15, -0.1) is 0 Å². The third-order valence-corrected chi connectivity index (χ3v) is 4.62. The van der Waals surface area contributed by atoms with E-state index >= 15 is 0 Å². The van der Waals surface area contributed by atoms with Crippen LogP contribution in [0.3, 0.4) is 0 Å². The van der Waals surface area contributed by atoms with Crippen LogP contribution < -0.4 is 5.32 Å². The Morgan fingerprint density at radius 1 is 1.20 bits per heavy atom. The van der Waals surface area contributed by atoms with Gasteiger partial charge in [-0.05, 0) is 38.4 Å². The largest absolute Gasteiger partial charge is 0.311 e. The van der Waals surface area contributed by atoms with E-state index in [0.29, 0.717) is 6.04 Å². The molecule has 1 aliphatic carbocycles. The average Bonchev–Trinajstić information content (AvgIpc) is 2.27.